The molecule has 0 saturated heterocycles. The van der Waals surface area contributed by atoms with E-state index in [9.17, 15) is 0 Å². The van der Waals surface area contributed by atoms with E-state index < -0.39 is 0 Å². The lowest BCUT2D eigenvalue weighted by Gasteiger charge is -2.08. The summed E-state index contributed by atoms with van der Waals surface area (Å²) < 4.78 is 0. The fourth-order valence-electron chi connectivity index (χ4n) is 0.939. The second-order valence-corrected chi connectivity index (χ2v) is 2.60. The largest absolute Gasteiger partial charge is 0.265 e. The van der Waals surface area contributed by atoms with Gasteiger partial charge in [-0.1, -0.05) is 31.2 Å². The average molecular weight is 147 g/mol. The van der Waals surface area contributed by atoms with Gasteiger partial charge in [0.05, 0.1) is 0 Å². The molecule has 1 atom stereocenters. The molecule has 0 bridgehead atoms. The lowest BCUT2D eigenvalue weighted by atomic mass is 10.0. The molecule has 1 rings (SSSR count). The summed E-state index contributed by atoms with van der Waals surface area (Å²) in [4.78, 5) is 4.05. The van der Waals surface area contributed by atoms with Gasteiger partial charge >= 0.3 is 0 Å². The van der Waals surface area contributed by atoms with E-state index in [-0.39, 0.29) is 0 Å². The number of allylic oxidation sites excluding steroid dienone is 5. The first-order chi connectivity index (χ1) is 5.34. The number of hydrogen-bond acceptors (Lipinski definition) is 1. The third kappa shape index (κ3) is 2.19. The highest BCUT2D eigenvalue weighted by Gasteiger charge is 2.03. The predicted octanol–water partition coefficient (Wildman–Crippen LogP) is 2.72. The first kappa shape index (κ1) is 7.99. The van der Waals surface area contributed by atoms with Crippen LogP contribution in [-0.4, -0.2) is 6.21 Å². The van der Waals surface area contributed by atoms with E-state index in [1.807, 2.05) is 31.5 Å². The molecule has 1 heteroatoms. The van der Waals surface area contributed by atoms with Crippen molar-refractivity contribution in [1.82, 2.24) is 0 Å². The van der Waals surface area contributed by atoms with Gasteiger partial charge in [0.25, 0.3) is 0 Å². The van der Waals surface area contributed by atoms with Gasteiger partial charge in [-0.05, 0) is 12.5 Å². The second kappa shape index (κ2) is 3.91. The maximum absolute atomic E-state index is 4.05. The lowest BCUT2D eigenvalue weighted by Crippen LogP contribution is -1.99. The Labute approximate surface area is 67.8 Å². The van der Waals surface area contributed by atoms with Crippen LogP contribution in [0.5, 0.6) is 0 Å². The maximum atomic E-state index is 4.05. The lowest BCUT2D eigenvalue weighted by molar-refractivity contribution is 0.897. The molecule has 11 heavy (non-hydrogen) atoms. The topological polar surface area (TPSA) is 12.4 Å². The van der Waals surface area contributed by atoms with E-state index in [2.05, 4.69) is 24.1 Å². The number of aliphatic imine (C=N–C) groups is 1. The molecule has 1 heterocycles. The van der Waals surface area contributed by atoms with Crippen molar-refractivity contribution in [3.8, 4) is 0 Å². The van der Waals surface area contributed by atoms with E-state index in [0.717, 1.165) is 0 Å². The quantitative estimate of drug-likeness (QED) is 0.540. The van der Waals surface area contributed by atoms with Crippen LogP contribution in [0, 0.1) is 5.92 Å². The fourth-order valence-corrected chi connectivity index (χ4v) is 0.939. The molecule has 0 amide bonds. The van der Waals surface area contributed by atoms with Gasteiger partial charge < -0.3 is 0 Å². The molecule has 1 aliphatic rings. The van der Waals surface area contributed by atoms with Crippen LogP contribution in [0.1, 0.15) is 13.8 Å². The number of nitrogens with zero attached hydrogens (tertiary/aromatic N) is 1. The molecule has 0 radical (unpaired) electrons. The van der Waals surface area contributed by atoms with E-state index in [4.69, 9.17) is 0 Å². The predicted molar refractivity (Wildman–Crippen MR) is 49.7 cm³/mol. The minimum absolute atomic E-state index is 0.503. The Morgan fingerprint density at radius 2 is 2.36 bits per heavy atom. The molecule has 1 aliphatic heterocycles. The minimum Gasteiger partial charge on any atom is -0.265 e. The van der Waals surface area contributed by atoms with Gasteiger partial charge in [-0.3, -0.25) is 4.99 Å². The first-order valence-electron chi connectivity index (χ1n) is 3.87. The summed E-state index contributed by atoms with van der Waals surface area (Å²) in [5.41, 5.74) is 1.27. The van der Waals surface area contributed by atoms with Crippen molar-refractivity contribution in [2.75, 3.05) is 0 Å². The van der Waals surface area contributed by atoms with Gasteiger partial charge in [0.2, 0.25) is 0 Å². The highest BCUT2D eigenvalue weighted by atomic mass is 14.7. The molecule has 0 N–H and O–H groups in total. The maximum Gasteiger partial charge on any atom is 0.0305 e. The highest BCUT2D eigenvalue weighted by molar-refractivity contribution is 5.81. The Balaban J connectivity index is 2.72. The molecular weight excluding hydrogens is 134 g/mol. The summed E-state index contributed by atoms with van der Waals surface area (Å²) in [6, 6.07) is 0. The molecule has 0 aromatic heterocycles. The van der Waals surface area contributed by atoms with Gasteiger partial charge in [0.15, 0.2) is 0 Å². The van der Waals surface area contributed by atoms with Crippen LogP contribution in [0.25, 0.3) is 0 Å². The molecule has 0 spiro atoms. The smallest absolute Gasteiger partial charge is 0.0305 e. The van der Waals surface area contributed by atoms with E-state index in [0.29, 0.717) is 5.92 Å². The molecule has 0 aliphatic carbocycles. The highest BCUT2D eigenvalue weighted by Crippen LogP contribution is 2.13. The molecule has 0 fully saturated rings. The monoisotopic (exact) mass is 147 g/mol. The van der Waals surface area contributed by atoms with Crippen molar-refractivity contribution in [2.24, 2.45) is 10.9 Å². The van der Waals surface area contributed by atoms with Crippen LogP contribution >= 0.6 is 0 Å². The van der Waals surface area contributed by atoms with Crippen molar-refractivity contribution < 1.29 is 0 Å². The fraction of sp³-hybridized carbons (Fsp3) is 0.300. The van der Waals surface area contributed by atoms with Gasteiger partial charge in [-0.15, -0.1) is 0 Å². The third-order valence-electron chi connectivity index (χ3n) is 1.69. The Bertz CT molecular complexity index is 231. The van der Waals surface area contributed by atoms with Crippen molar-refractivity contribution in [3.05, 3.63) is 36.1 Å². The van der Waals surface area contributed by atoms with Crippen LogP contribution < -0.4 is 0 Å². The number of rotatable bonds is 1. The van der Waals surface area contributed by atoms with Gasteiger partial charge in [0.1, 0.15) is 0 Å². The summed E-state index contributed by atoms with van der Waals surface area (Å²) in [6.45, 7) is 4.18. The van der Waals surface area contributed by atoms with Crippen LogP contribution in [-0.2, 0) is 0 Å². The summed E-state index contributed by atoms with van der Waals surface area (Å²) in [6.07, 6.45) is 12.0. The number of hydrogen-bond donors (Lipinski definition) is 0. The molecule has 0 aromatic carbocycles. The van der Waals surface area contributed by atoms with Crippen LogP contribution in [0.2, 0.25) is 0 Å². The Morgan fingerprint density at radius 1 is 1.55 bits per heavy atom. The van der Waals surface area contributed by atoms with Gasteiger partial charge in [0, 0.05) is 18.3 Å². The molecular formula is C10H13N. The Kier molecular flexibility index (Phi) is 2.84. The summed E-state index contributed by atoms with van der Waals surface area (Å²) >= 11 is 0. The van der Waals surface area contributed by atoms with Crippen LogP contribution in [0.3, 0.4) is 0 Å². The average Bonchev–Trinajstić information content (AvgIpc) is 2.03. The molecule has 0 saturated carbocycles. The van der Waals surface area contributed by atoms with Crippen LogP contribution in [0.15, 0.2) is 41.1 Å². The van der Waals surface area contributed by atoms with E-state index in [1.54, 1.807) is 0 Å². The third-order valence-corrected chi connectivity index (χ3v) is 1.69. The molecule has 0 aromatic rings. The van der Waals surface area contributed by atoms with E-state index in [1.165, 1.54) is 5.57 Å². The summed E-state index contributed by atoms with van der Waals surface area (Å²) in [5.74, 6) is 0.503. The van der Waals surface area contributed by atoms with Gasteiger partial charge in [-0.25, -0.2) is 0 Å². The first-order valence-corrected chi connectivity index (χ1v) is 3.87. The molecule has 1 nitrogen and oxygen atoms in total. The SMILES string of the molecule is CC=CC=C1C=NC=CC1C. The Morgan fingerprint density at radius 3 is 3.00 bits per heavy atom. The van der Waals surface area contributed by atoms with Crippen molar-refractivity contribution in [3.63, 3.8) is 0 Å². The molecule has 58 valence electrons. The summed E-state index contributed by atoms with van der Waals surface area (Å²) in [7, 11) is 0. The second-order valence-electron chi connectivity index (χ2n) is 2.60. The Hall–Kier alpha value is -1.11. The van der Waals surface area contributed by atoms with Crippen molar-refractivity contribution in [1.29, 1.82) is 0 Å². The zero-order valence-corrected chi connectivity index (χ0v) is 6.99. The summed E-state index contributed by atoms with van der Waals surface area (Å²) in [5, 5.41) is 0. The van der Waals surface area contributed by atoms with Gasteiger partial charge in [-0.2, -0.15) is 0 Å². The van der Waals surface area contributed by atoms with E-state index >= 15 is 0 Å². The zero-order chi connectivity index (χ0) is 8.10. The standard InChI is InChI=1S/C10H13N/c1-3-4-5-10-8-11-7-6-9(10)2/h3-9H,1-2H3. The van der Waals surface area contributed by atoms with Crippen molar-refractivity contribution in [2.45, 2.75) is 13.8 Å². The normalized spacial score (nSPS) is 27.1. The zero-order valence-electron chi connectivity index (χ0n) is 6.99. The minimum atomic E-state index is 0.503. The molecule has 1 unspecified atom stereocenters. The van der Waals surface area contributed by atoms with Crippen LogP contribution in [0.4, 0.5) is 0 Å². The van der Waals surface area contributed by atoms with Crippen molar-refractivity contribution >= 4 is 6.21 Å².